The van der Waals surface area contributed by atoms with E-state index in [2.05, 4.69) is 5.32 Å². The zero-order valence-corrected chi connectivity index (χ0v) is 28.0. The first-order chi connectivity index (χ1) is 22.3. The van der Waals surface area contributed by atoms with E-state index in [1.165, 1.54) is 0 Å². The summed E-state index contributed by atoms with van der Waals surface area (Å²) in [6, 6.07) is -0.535. The molecule has 2 unspecified atom stereocenters. The number of nitrogens with two attached hydrogens (primary N) is 2. The normalized spacial score (nSPS) is 12.6. The zero-order chi connectivity index (χ0) is 34.1. The first kappa shape index (κ1) is 44.0. The maximum absolute atomic E-state index is 12.7. The fourth-order valence-electron chi connectivity index (χ4n) is 4.30. The van der Waals surface area contributed by atoms with Crippen molar-refractivity contribution in [2.24, 2.45) is 17.4 Å². The summed E-state index contributed by atoms with van der Waals surface area (Å²) in [5, 5.41) is 12.1. The van der Waals surface area contributed by atoms with Gasteiger partial charge in [0.05, 0.1) is 78.0 Å². The van der Waals surface area contributed by atoms with Gasteiger partial charge in [0.15, 0.2) is 5.78 Å². The molecule has 0 aromatic rings. The molecule has 0 aromatic carbocycles. The molecule has 1 amide bonds. The standard InChI is InChI=1S/C32H61N3O11/c1-2-41-18-19-44-17-12-31(38)35-29(9-4-6-14-34)30(37)10-7-15-42-20-22-45-24-25-46-23-21-43-16-11-28(36)26-27(32(39)40)8-3-5-13-33/h27,29H,2-26,33-34H2,1H3,(H,35,38)(H,39,40). The number of hydrogen-bond acceptors (Lipinski definition) is 12. The predicted octanol–water partition coefficient (Wildman–Crippen LogP) is 1.64. The fraction of sp³-hybridized carbons (Fsp3) is 0.875. The number of amides is 1. The minimum Gasteiger partial charge on any atom is -0.481 e. The minimum absolute atomic E-state index is 0.0157. The van der Waals surface area contributed by atoms with Gasteiger partial charge in [-0.2, -0.15) is 0 Å². The highest BCUT2D eigenvalue weighted by Gasteiger charge is 2.21. The van der Waals surface area contributed by atoms with Crippen LogP contribution in [-0.2, 0) is 47.6 Å². The van der Waals surface area contributed by atoms with Gasteiger partial charge in [-0.25, -0.2) is 0 Å². The molecule has 0 bridgehead atoms. The fourth-order valence-corrected chi connectivity index (χ4v) is 4.30. The smallest absolute Gasteiger partial charge is 0.306 e. The second-order valence-electron chi connectivity index (χ2n) is 10.8. The number of carbonyl (C=O) groups is 4. The summed E-state index contributed by atoms with van der Waals surface area (Å²) in [6.07, 6.45) is 5.24. The Bertz CT molecular complexity index is 774. The molecule has 46 heavy (non-hydrogen) atoms. The topological polar surface area (TPSA) is 208 Å². The van der Waals surface area contributed by atoms with Gasteiger partial charge in [0.1, 0.15) is 5.78 Å². The first-order valence-electron chi connectivity index (χ1n) is 16.8. The van der Waals surface area contributed by atoms with Crippen LogP contribution in [0.3, 0.4) is 0 Å². The van der Waals surface area contributed by atoms with Crippen LogP contribution in [0, 0.1) is 5.92 Å². The third kappa shape index (κ3) is 28.2. The van der Waals surface area contributed by atoms with Crippen molar-refractivity contribution in [3.63, 3.8) is 0 Å². The van der Waals surface area contributed by atoms with Crippen LogP contribution in [0.4, 0.5) is 0 Å². The number of rotatable bonds is 36. The summed E-state index contributed by atoms with van der Waals surface area (Å²) >= 11 is 0. The molecular formula is C32H61N3O11. The highest BCUT2D eigenvalue weighted by molar-refractivity contribution is 5.89. The van der Waals surface area contributed by atoms with Gasteiger partial charge in [0.25, 0.3) is 0 Å². The number of carboxylic acid groups (broad SMARTS) is 1. The molecule has 0 aromatic heterocycles. The van der Waals surface area contributed by atoms with Gasteiger partial charge in [0, 0.05) is 38.9 Å². The molecule has 14 nitrogen and oxygen atoms in total. The molecule has 0 spiro atoms. The van der Waals surface area contributed by atoms with Gasteiger partial charge in [-0.3, -0.25) is 19.2 Å². The summed E-state index contributed by atoms with van der Waals surface area (Å²) in [6.45, 7) is 7.65. The van der Waals surface area contributed by atoms with Crippen LogP contribution < -0.4 is 16.8 Å². The van der Waals surface area contributed by atoms with E-state index in [1.807, 2.05) is 6.92 Å². The lowest BCUT2D eigenvalue weighted by Crippen LogP contribution is -2.41. The summed E-state index contributed by atoms with van der Waals surface area (Å²) < 4.78 is 32.5. The molecule has 0 heterocycles. The quantitative estimate of drug-likeness (QED) is 0.0704. The number of unbranched alkanes of at least 4 members (excludes halogenated alkanes) is 2. The van der Waals surface area contributed by atoms with Crippen molar-refractivity contribution >= 4 is 23.4 Å². The Kier molecular flexibility index (Phi) is 31.4. The molecule has 6 N–H and O–H groups in total. The average molecular weight is 664 g/mol. The molecule has 0 saturated carbocycles. The van der Waals surface area contributed by atoms with Crippen molar-refractivity contribution in [1.82, 2.24) is 5.32 Å². The Morgan fingerprint density at radius 2 is 1.11 bits per heavy atom. The van der Waals surface area contributed by atoms with Crippen LogP contribution in [0.25, 0.3) is 0 Å². The number of hydrogen-bond donors (Lipinski definition) is 4. The largest absolute Gasteiger partial charge is 0.481 e. The van der Waals surface area contributed by atoms with Crippen molar-refractivity contribution in [3.05, 3.63) is 0 Å². The minimum atomic E-state index is -0.950. The van der Waals surface area contributed by atoms with E-state index in [-0.39, 0.29) is 49.9 Å². The SMILES string of the molecule is CCOCCOCCC(=O)NC(CCCCN)C(=O)CCCOCCOCCOCCOCCC(=O)CC(CCCCN)C(=O)O. The highest BCUT2D eigenvalue weighted by Crippen LogP contribution is 2.14. The maximum Gasteiger partial charge on any atom is 0.306 e. The summed E-state index contributed by atoms with van der Waals surface area (Å²) in [5.41, 5.74) is 11.0. The lowest BCUT2D eigenvalue weighted by atomic mass is 9.95. The number of Topliss-reactive ketones (excluding diaryl/α,β-unsaturated/α-hetero) is 2. The van der Waals surface area contributed by atoms with Crippen LogP contribution in [-0.4, -0.2) is 127 Å². The Hall–Kier alpha value is -2.04. The zero-order valence-electron chi connectivity index (χ0n) is 28.0. The second-order valence-corrected chi connectivity index (χ2v) is 10.8. The molecule has 14 heteroatoms. The number of aliphatic carboxylic acids is 1. The van der Waals surface area contributed by atoms with Gasteiger partial charge >= 0.3 is 5.97 Å². The van der Waals surface area contributed by atoms with Crippen molar-refractivity contribution in [2.75, 3.05) is 92.4 Å². The van der Waals surface area contributed by atoms with E-state index in [9.17, 15) is 24.3 Å². The van der Waals surface area contributed by atoms with Crippen LogP contribution in [0.2, 0.25) is 0 Å². The highest BCUT2D eigenvalue weighted by atomic mass is 16.6. The van der Waals surface area contributed by atoms with E-state index in [1.54, 1.807) is 0 Å². The molecule has 2 atom stereocenters. The number of carboxylic acids is 1. The monoisotopic (exact) mass is 663 g/mol. The van der Waals surface area contributed by atoms with Crippen LogP contribution in [0.5, 0.6) is 0 Å². The molecule has 0 radical (unpaired) electrons. The summed E-state index contributed by atoms with van der Waals surface area (Å²) in [5.74, 6) is -1.97. The second kappa shape index (κ2) is 32.9. The van der Waals surface area contributed by atoms with Crippen molar-refractivity contribution in [1.29, 1.82) is 0 Å². The predicted molar refractivity (Wildman–Crippen MR) is 173 cm³/mol. The number of ketones is 2. The molecule has 0 saturated heterocycles. The van der Waals surface area contributed by atoms with Gasteiger partial charge in [-0.05, 0) is 58.5 Å². The third-order valence-corrected chi connectivity index (χ3v) is 6.90. The molecule has 0 rings (SSSR count). The van der Waals surface area contributed by atoms with E-state index in [0.29, 0.717) is 111 Å². The van der Waals surface area contributed by atoms with Crippen molar-refractivity contribution in [3.8, 4) is 0 Å². The first-order valence-corrected chi connectivity index (χ1v) is 16.8. The Morgan fingerprint density at radius 3 is 1.65 bits per heavy atom. The lowest BCUT2D eigenvalue weighted by molar-refractivity contribution is -0.144. The van der Waals surface area contributed by atoms with Gasteiger partial charge in [0.2, 0.25) is 5.91 Å². The number of carbonyl (C=O) groups excluding carboxylic acids is 3. The average Bonchev–Trinajstić information content (AvgIpc) is 3.03. The molecule has 0 aliphatic rings. The molecule has 0 aliphatic carbocycles. The van der Waals surface area contributed by atoms with E-state index in [0.717, 1.165) is 19.3 Å². The van der Waals surface area contributed by atoms with Gasteiger partial charge in [-0.1, -0.05) is 6.42 Å². The Labute approximate surface area is 274 Å². The molecule has 0 fully saturated rings. The maximum atomic E-state index is 12.7. The van der Waals surface area contributed by atoms with Gasteiger partial charge in [-0.15, -0.1) is 0 Å². The molecule has 0 aliphatic heterocycles. The Balaban J connectivity index is 3.82. The van der Waals surface area contributed by atoms with Gasteiger partial charge < -0.3 is 50.3 Å². The van der Waals surface area contributed by atoms with E-state index in [4.69, 9.17) is 39.9 Å². The van der Waals surface area contributed by atoms with Crippen molar-refractivity contribution in [2.45, 2.75) is 83.6 Å². The van der Waals surface area contributed by atoms with Crippen LogP contribution in [0.1, 0.15) is 77.6 Å². The number of nitrogens with one attached hydrogen (secondary N) is 1. The lowest BCUT2D eigenvalue weighted by Gasteiger charge is -2.18. The summed E-state index contributed by atoms with van der Waals surface area (Å²) in [7, 11) is 0. The Morgan fingerprint density at radius 1 is 0.609 bits per heavy atom. The van der Waals surface area contributed by atoms with E-state index >= 15 is 0 Å². The van der Waals surface area contributed by atoms with Crippen LogP contribution >= 0.6 is 0 Å². The van der Waals surface area contributed by atoms with Crippen molar-refractivity contribution < 1.29 is 52.7 Å². The molecular weight excluding hydrogens is 602 g/mol. The van der Waals surface area contributed by atoms with E-state index < -0.39 is 17.9 Å². The number of ether oxygens (including phenoxy) is 6. The van der Waals surface area contributed by atoms with Crippen LogP contribution in [0.15, 0.2) is 0 Å². The molecule has 270 valence electrons. The third-order valence-electron chi connectivity index (χ3n) is 6.90. The summed E-state index contributed by atoms with van der Waals surface area (Å²) in [4.78, 5) is 48.4.